The first-order valence-corrected chi connectivity index (χ1v) is 9.20. The first-order chi connectivity index (χ1) is 14.7. The normalized spacial score (nSPS) is 11.6. The third-order valence-electron chi connectivity index (χ3n) is 4.80. The molecule has 0 saturated carbocycles. The van der Waals surface area contributed by atoms with Crippen molar-refractivity contribution < 1.29 is 23.1 Å². The molecule has 31 heavy (non-hydrogen) atoms. The van der Waals surface area contributed by atoms with Gasteiger partial charge in [0.1, 0.15) is 11.3 Å². The maximum Gasteiger partial charge on any atom is 0.416 e. The standard InChI is InChI=1S/C17H11F3N2O3.C6H4/c1-9(23)13-14(24)12-6-3-7-21-15(12)22(16(13)25)11-5-2-4-10(8-11)17(18,19)20;1-2-5-4-6(5)3-1/h2-8,24H,1H3;1-4H. The zero-order chi connectivity index (χ0) is 22.3. The number of alkyl halides is 3. The predicted molar refractivity (Wildman–Crippen MR) is 109 cm³/mol. The Hall–Kier alpha value is -3.94. The molecule has 0 amide bonds. The first kappa shape index (κ1) is 20.3. The van der Waals surface area contributed by atoms with E-state index in [1.54, 1.807) is 0 Å². The van der Waals surface area contributed by atoms with E-state index in [9.17, 15) is 27.9 Å². The number of carbonyl (C=O) groups excluding carboxylic acids is 1. The summed E-state index contributed by atoms with van der Waals surface area (Å²) in [5.74, 6) is -1.24. The van der Waals surface area contributed by atoms with E-state index in [2.05, 4.69) is 29.2 Å². The van der Waals surface area contributed by atoms with Crippen molar-refractivity contribution in [3.05, 3.63) is 88.3 Å². The number of pyridine rings is 2. The molecule has 0 atom stereocenters. The number of fused-ring (bicyclic) bond motifs is 2. The summed E-state index contributed by atoms with van der Waals surface area (Å²) in [4.78, 5) is 28.4. The lowest BCUT2D eigenvalue weighted by Gasteiger charge is -2.14. The van der Waals surface area contributed by atoms with Gasteiger partial charge in [-0.2, -0.15) is 13.2 Å². The van der Waals surface area contributed by atoms with Gasteiger partial charge in [0.25, 0.3) is 5.56 Å². The highest BCUT2D eigenvalue weighted by molar-refractivity contribution is 6.01. The minimum atomic E-state index is -4.59. The summed E-state index contributed by atoms with van der Waals surface area (Å²) in [6.07, 6.45) is -3.26. The molecule has 2 heterocycles. The molecule has 0 bridgehead atoms. The van der Waals surface area contributed by atoms with E-state index < -0.39 is 34.4 Å². The number of hydrogen-bond acceptors (Lipinski definition) is 4. The average molecular weight is 424 g/mol. The Bertz CT molecular complexity index is 1370. The third-order valence-corrected chi connectivity index (χ3v) is 4.80. The van der Waals surface area contributed by atoms with Crippen LogP contribution in [-0.4, -0.2) is 20.4 Å². The lowest BCUT2D eigenvalue weighted by Crippen LogP contribution is -2.26. The van der Waals surface area contributed by atoms with Crippen LogP contribution in [0.1, 0.15) is 22.8 Å². The molecular weight excluding hydrogens is 409 g/mol. The highest BCUT2D eigenvalue weighted by atomic mass is 19.4. The fraction of sp³-hybridized carbons (Fsp3) is 0.0870. The van der Waals surface area contributed by atoms with Gasteiger partial charge in [0, 0.05) is 6.20 Å². The number of nitrogens with zero attached hydrogens (tertiary/aromatic N) is 2. The molecule has 0 fully saturated rings. The molecule has 5 nitrogen and oxygen atoms in total. The quantitative estimate of drug-likeness (QED) is 0.406. The van der Waals surface area contributed by atoms with Crippen LogP contribution in [0.3, 0.4) is 0 Å². The van der Waals surface area contributed by atoms with Crippen LogP contribution >= 0.6 is 0 Å². The van der Waals surface area contributed by atoms with Gasteiger partial charge < -0.3 is 5.11 Å². The Morgan fingerprint density at radius 3 is 2.23 bits per heavy atom. The van der Waals surface area contributed by atoms with Crippen LogP contribution in [0.15, 0.2) is 71.7 Å². The number of carbonyl (C=O) groups is 1. The van der Waals surface area contributed by atoms with Crippen molar-refractivity contribution >= 4 is 16.8 Å². The Labute approximate surface area is 174 Å². The van der Waals surface area contributed by atoms with Crippen LogP contribution in [0, 0.1) is 0 Å². The van der Waals surface area contributed by atoms with E-state index in [1.165, 1.54) is 35.5 Å². The van der Waals surface area contributed by atoms with Gasteiger partial charge in [0.15, 0.2) is 11.4 Å². The van der Waals surface area contributed by atoms with E-state index >= 15 is 0 Å². The molecule has 0 aliphatic heterocycles. The summed E-state index contributed by atoms with van der Waals surface area (Å²) in [6, 6.07) is 15.5. The molecule has 2 aliphatic carbocycles. The number of ketones is 1. The molecule has 0 saturated heterocycles. The van der Waals surface area contributed by atoms with Crippen molar-refractivity contribution in [2.24, 2.45) is 0 Å². The summed E-state index contributed by atoms with van der Waals surface area (Å²) in [5.41, 5.74) is 0.317. The maximum absolute atomic E-state index is 13.0. The van der Waals surface area contributed by atoms with Crippen molar-refractivity contribution in [3.8, 4) is 22.6 Å². The minimum absolute atomic E-state index is 0.0469. The van der Waals surface area contributed by atoms with Crippen LogP contribution in [0.4, 0.5) is 13.2 Å². The van der Waals surface area contributed by atoms with Crippen molar-refractivity contribution in [1.82, 2.24) is 9.55 Å². The molecule has 0 radical (unpaired) electrons. The number of benzene rings is 2. The molecule has 3 aromatic rings. The lowest BCUT2D eigenvalue weighted by molar-refractivity contribution is -0.137. The van der Waals surface area contributed by atoms with Crippen molar-refractivity contribution in [1.29, 1.82) is 0 Å². The van der Waals surface area contributed by atoms with E-state index in [0.29, 0.717) is 0 Å². The summed E-state index contributed by atoms with van der Waals surface area (Å²) in [6.45, 7) is 1.09. The number of hydrogen-bond donors (Lipinski definition) is 1. The summed E-state index contributed by atoms with van der Waals surface area (Å²) in [7, 11) is 0. The number of rotatable bonds is 2. The molecule has 156 valence electrons. The first-order valence-electron chi connectivity index (χ1n) is 9.20. The van der Waals surface area contributed by atoms with Crippen LogP contribution in [0.5, 0.6) is 5.75 Å². The Balaban J connectivity index is 0.000000325. The highest BCUT2D eigenvalue weighted by Gasteiger charge is 2.31. The summed E-state index contributed by atoms with van der Waals surface area (Å²) < 4.78 is 39.8. The Morgan fingerprint density at radius 2 is 1.68 bits per heavy atom. The predicted octanol–water partition coefficient (Wildman–Crippen LogP) is 4.98. The van der Waals surface area contributed by atoms with E-state index in [1.807, 2.05) is 0 Å². The van der Waals surface area contributed by atoms with E-state index in [0.717, 1.165) is 29.7 Å². The highest BCUT2D eigenvalue weighted by Crippen LogP contribution is 2.33. The van der Waals surface area contributed by atoms with Gasteiger partial charge in [-0.15, -0.1) is 0 Å². The second-order valence-electron chi connectivity index (χ2n) is 6.92. The number of halogens is 3. The number of Topliss-reactive ketones (excluding diaryl/α,β-unsaturated/α-hetero) is 1. The van der Waals surface area contributed by atoms with Crippen LogP contribution < -0.4 is 5.56 Å². The lowest BCUT2D eigenvalue weighted by atomic mass is 10.1. The fourth-order valence-corrected chi connectivity index (χ4v) is 3.26. The second-order valence-corrected chi connectivity index (χ2v) is 6.92. The van der Waals surface area contributed by atoms with Gasteiger partial charge in [0.05, 0.1) is 16.6 Å². The van der Waals surface area contributed by atoms with E-state index in [4.69, 9.17) is 0 Å². The zero-order valence-corrected chi connectivity index (χ0v) is 16.1. The van der Waals surface area contributed by atoms with Gasteiger partial charge in [-0.3, -0.25) is 14.2 Å². The third kappa shape index (κ3) is 3.79. The topological polar surface area (TPSA) is 72.2 Å². The summed E-state index contributed by atoms with van der Waals surface area (Å²) in [5, 5.41) is 10.3. The minimum Gasteiger partial charge on any atom is -0.506 e. The number of aromatic nitrogens is 2. The molecule has 5 rings (SSSR count). The van der Waals surface area contributed by atoms with Crippen molar-refractivity contribution in [3.63, 3.8) is 0 Å². The average Bonchev–Trinajstić information content (AvgIpc) is 3.32. The van der Waals surface area contributed by atoms with Gasteiger partial charge in [-0.1, -0.05) is 24.3 Å². The Morgan fingerprint density at radius 1 is 1.00 bits per heavy atom. The van der Waals surface area contributed by atoms with Crippen molar-refractivity contribution in [2.75, 3.05) is 0 Å². The van der Waals surface area contributed by atoms with Crippen LogP contribution in [0.25, 0.3) is 27.8 Å². The monoisotopic (exact) mass is 424 g/mol. The molecule has 2 aliphatic rings. The van der Waals surface area contributed by atoms with Gasteiger partial charge in [0.2, 0.25) is 0 Å². The summed E-state index contributed by atoms with van der Waals surface area (Å²) >= 11 is 0. The van der Waals surface area contributed by atoms with E-state index in [-0.39, 0.29) is 16.7 Å². The molecule has 8 heteroatoms. The number of aromatic hydroxyl groups is 1. The molecule has 1 aromatic carbocycles. The molecular formula is C23H15F3N2O3. The van der Waals surface area contributed by atoms with Gasteiger partial charge in [-0.05, 0) is 54.4 Å². The second kappa shape index (κ2) is 7.39. The van der Waals surface area contributed by atoms with Crippen LogP contribution in [0.2, 0.25) is 0 Å². The molecule has 1 N–H and O–H groups in total. The molecule has 2 aromatic heterocycles. The SMILES string of the molecule is CC(=O)c1c(O)c2cccnc2n(-c2cccc(C(F)(F)F)c2)c1=O.c1cc2cc-2c1. The molecule has 0 spiro atoms. The Kier molecular flexibility index (Phi) is 4.85. The largest absolute Gasteiger partial charge is 0.506 e. The van der Waals surface area contributed by atoms with Crippen molar-refractivity contribution in [2.45, 2.75) is 13.1 Å². The smallest absolute Gasteiger partial charge is 0.416 e. The van der Waals surface area contributed by atoms with Crippen LogP contribution in [-0.2, 0) is 6.18 Å². The zero-order valence-electron chi connectivity index (χ0n) is 16.1. The van der Waals surface area contributed by atoms with Gasteiger partial charge in [-0.25, -0.2) is 4.98 Å². The maximum atomic E-state index is 13.0. The fourth-order valence-electron chi connectivity index (χ4n) is 3.26. The van der Waals surface area contributed by atoms with Gasteiger partial charge >= 0.3 is 6.18 Å². The molecule has 0 unspecified atom stereocenters.